The van der Waals surface area contributed by atoms with Gasteiger partial charge in [-0.25, -0.2) is 9.37 Å². The molecule has 0 spiro atoms. The summed E-state index contributed by atoms with van der Waals surface area (Å²) < 4.78 is 21.0. The fraction of sp³-hybridized carbons (Fsp3) is 0.441. The second kappa shape index (κ2) is 13.1. The Hall–Kier alpha value is -3.98. The molecule has 9 heteroatoms. The number of carbonyl (C=O) groups excluding carboxylic acids is 1. The highest BCUT2D eigenvalue weighted by Crippen LogP contribution is 2.37. The van der Waals surface area contributed by atoms with Crippen LogP contribution in [0.15, 0.2) is 72.3 Å². The molecule has 2 fully saturated rings. The van der Waals surface area contributed by atoms with E-state index in [4.69, 9.17) is 4.74 Å². The Morgan fingerprint density at radius 2 is 1.86 bits per heavy atom. The van der Waals surface area contributed by atoms with E-state index >= 15 is 0 Å². The van der Waals surface area contributed by atoms with E-state index in [9.17, 15) is 9.18 Å². The molecule has 3 atom stereocenters. The molecule has 1 amide bonds. The van der Waals surface area contributed by atoms with Crippen LogP contribution in [0.1, 0.15) is 45.4 Å². The van der Waals surface area contributed by atoms with E-state index in [0.29, 0.717) is 29.3 Å². The molecule has 2 aliphatic heterocycles. The summed E-state index contributed by atoms with van der Waals surface area (Å²) in [4.78, 5) is 27.2. The maximum absolute atomic E-state index is 14.8. The van der Waals surface area contributed by atoms with Crippen molar-refractivity contribution in [2.45, 2.75) is 51.5 Å². The Kier molecular flexibility index (Phi) is 8.88. The highest BCUT2D eigenvalue weighted by atomic mass is 19.1. The molecule has 2 N–H and O–H groups in total. The largest absolute Gasteiger partial charge is 0.438 e. The fourth-order valence-electron chi connectivity index (χ4n) is 6.63. The normalized spacial score (nSPS) is 22.7. The lowest BCUT2D eigenvalue weighted by Crippen LogP contribution is -2.38. The van der Waals surface area contributed by atoms with Gasteiger partial charge in [0, 0.05) is 66.0 Å². The van der Waals surface area contributed by atoms with Crippen molar-refractivity contribution in [2.24, 2.45) is 11.8 Å². The van der Waals surface area contributed by atoms with E-state index < -0.39 is 5.92 Å². The van der Waals surface area contributed by atoms with Crippen LogP contribution < -0.4 is 15.4 Å². The number of carbonyl (C=O) groups is 1. The number of aromatic nitrogens is 2. The smallest absolute Gasteiger partial charge is 0.232 e. The standard InChI is InChI=1S/C34H41FN6O2/c1-23-28(21-24(35)22-30(23)41-19-6-3-7-20-41)33(42)38-29-12-13-31(27-11-5-4-10-26(27)29)43-32-15-17-37-34(39-32)36-16-14-25-9-8-18-40(25)2/h4-5,10-13,15,17,21-23,25,28H,3,6-9,14,16,18-20H2,1-2H3,(H,38,42)(H,36,37,39). The Morgan fingerprint density at radius 1 is 1.05 bits per heavy atom. The zero-order valence-corrected chi connectivity index (χ0v) is 25.1. The first kappa shape index (κ1) is 29.1. The molecular formula is C34H41FN6O2. The van der Waals surface area contributed by atoms with Crippen LogP contribution in [0.25, 0.3) is 10.8 Å². The number of rotatable bonds is 9. The topological polar surface area (TPSA) is 82.6 Å². The molecule has 1 aromatic heterocycles. The Balaban J connectivity index is 1.15. The minimum Gasteiger partial charge on any atom is -0.438 e. The molecule has 3 unspecified atom stereocenters. The maximum Gasteiger partial charge on any atom is 0.232 e. The lowest BCUT2D eigenvalue weighted by molar-refractivity contribution is -0.119. The Morgan fingerprint density at radius 3 is 2.65 bits per heavy atom. The van der Waals surface area contributed by atoms with Gasteiger partial charge in [-0.2, -0.15) is 4.98 Å². The van der Waals surface area contributed by atoms with Crippen LogP contribution in [0.4, 0.5) is 16.0 Å². The van der Waals surface area contributed by atoms with Crippen LogP contribution in [0.2, 0.25) is 0 Å². The molecule has 0 radical (unpaired) electrons. The molecule has 226 valence electrons. The van der Waals surface area contributed by atoms with Crippen molar-refractivity contribution in [2.75, 3.05) is 43.9 Å². The van der Waals surface area contributed by atoms with Crippen molar-refractivity contribution >= 4 is 28.3 Å². The van der Waals surface area contributed by atoms with E-state index in [1.54, 1.807) is 18.3 Å². The average Bonchev–Trinajstić information content (AvgIpc) is 3.44. The van der Waals surface area contributed by atoms with Crippen LogP contribution >= 0.6 is 0 Å². The summed E-state index contributed by atoms with van der Waals surface area (Å²) in [7, 11) is 2.18. The summed E-state index contributed by atoms with van der Waals surface area (Å²) in [5.74, 6) is 0.301. The van der Waals surface area contributed by atoms with Crippen LogP contribution in [-0.4, -0.2) is 64.9 Å². The second-order valence-corrected chi connectivity index (χ2v) is 11.9. The molecule has 2 saturated heterocycles. The molecule has 2 aromatic carbocycles. The molecule has 3 aromatic rings. The lowest BCUT2D eigenvalue weighted by Gasteiger charge is -2.37. The molecule has 6 rings (SSSR count). The first-order valence-electron chi connectivity index (χ1n) is 15.6. The van der Waals surface area contributed by atoms with Gasteiger partial charge < -0.3 is 25.2 Å². The van der Waals surface area contributed by atoms with Crippen LogP contribution in [-0.2, 0) is 4.79 Å². The van der Waals surface area contributed by atoms with Gasteiger partial charge in [0.25, 0.3) is 0 Å². The first-order valence-corrected chi connectivity index (χ1v) is 15.6. The average molecular weight is 585 g/mol. The summed E-state index contributed by atoms with van der Waals surface area (Å²) >= 11 is 0. The van der Waals surface area contributed by atoms with Gasteiger partial charge in [0.1, 0.15) is 11.6 Å². The predicted octanol–water partition coefficient (Wildman–Crippen LogP) is 6.75. The number of benzene rings is 2. The van der Waals surface area contributed by atoms with Gasteiger partial charge in [0.2, 0.25) is 17.7 Å². The van der Waals surface area contributed by atoms with Gasteiger partial charge >= 0.3 is 0 Å². The maximum atomic E-state index is 14.8. The van der Waals surface area contributed by atoms with Gasteiger partial charge in [0.15, 0.2) is 0 Å². The third-order valence-corrected chi connectivity index (χ3v) is 9.07. The number of fused-ring (bicyclic) bond motifs is 1. The number of nitrogens with one attached hydrogen (secondary N) is 2. The van der Waals surface area contributed by atoms with Crippen LogP contribution in [0.3, 0.4) is 0 Å². The minimum absolute atomic E-state index is 0.119. The van der Waals surface area contributed by atoms with Crippen LogP contribution in [0.5, 0.6) is 11.6 Å². The summed E-state index contributed by atoms with van der Waals surface area (Å²) in [6.45, 7) is 5.79. The number of nitrogens with zero attached hydrogens (tertiary/aromatic N) is 4. The first-order chi connectivity index (χ1) is 21.0. The van der Waals surface area contributed by atoms with Crippen molar-refractivity contribution in [1.29, 1.82) is 0 Å². The third-order valence-electron chi connectivity index (χ3n) is 9.07. The van der Waals surface area contributed by atoms with Crippen molar-refractivity contribution in [3.63, 3.8) is 0 Å². The molecule has 43 heavy (non-hydrogen) atoms. The zero-order valence-electron chi connectivity index (χ0n) is 25.1. The van der Waals surface area contributed by atoms with Crippen molar-refractivity contribution < 1.29 is 13.9 Å². The van der Waals surface area contributed by atoms with Crippen molar-refractivity contribution in [3.8, 4) is 11.6 Å². The molecule has 3 heterocycles. The third kappa shape index (κ3) is 6.67. The SMILES string of the molecule is CC1C(N2CCCCC2)=CC(F)=CC1C(=O)Nc1ccc(Oc2ccnc(NCCC3CCCN3C)n2)c2ccccc12. The van der Waals surface area contributed by atoms with E-state index in [2.05, 4.69) is 37.4 Å². The molecule has 8 nitrogen and oxygen atoms in total. The van der Waals surface area contributed by atoms with E-state index in [0.717, 1.165) is 61.9 Å². The van der Waals surface area contributed by atoms with E-state index in [1.165, 1.54) is 25.3 Å². The fourth-order valence-corrected chi connectivity index (χ4v) is 6.63. The van der Waals surface area contributed by atoms with E-state index in [1.807, 2.05) is 43.3 Å². The molecule has 0 bridgehead atoms. The number of anilines is 2. The van der Waals surface area contributed by atoms with Crippen molar-refractivity contribution in [1.82, 2.24) is 19.8 Å². The van der Waals surface area contributed by atoms with Gasteiger partial charge in [-0.05, 0) is 76.4 Å². The van der Waals surface area contributed by atoms with Gasteiger partial charge in [-0.1, -0.05) is 31.2 Å². The highest BCUT2D eigenvalue weighted by Gasteiger charge is 2.33. The van der Waals surface area contributed by atoms with Crippen molar-refractivity contribution in [3.05, 3.63) is 72.3 Å². The monoisotopic (exact) mass is 584 g/mol. The van der Waals surface area contributed by atoms with Crippen LogP contribution in [0, 0.1) is 11.8 Å². The lowest BCUT2D eigenvalue weighted by atomic mass is 9.84. The number of ether oxygens (including phenoxy) is 1. The van der Waals surface area contributed by atoms with Gasteiger partial charge in [0.05, 0.1) is 5.92 Å². The number of piperidine rings is 1. The number of allylic oxidation sites excluding steroid dienone is 3. The Bertz CT molecular complexity index is 1520. The minimum atomic E-state index is -0.599. The molecular weight excluding hydrogens is 543 g/mol. The molecule has 3 aliphatic rings. The summed E-state index contributed by atoms with van der Waals surface area (Å²) in [6.07, 6.45) is 11.6. The quantitative estimate of drug-likeness (QED) is 0.288. The number of likely N-dealkylation sites (tertiary alicyclic amines) is 2. The zero-order chi connectivity index (χ0) is 29.8. The number of hydrogen-bond acceptors (Lipinski definition) is 7. The number of amides is 1. The number of hydrogen-bond donors (Lipinski definition) is 2. The molecule has 1 aliphatic carbocycles. The van der Waals surface area contributed by atoms with Gasteiger partial charge in [-0.3, -0.25) is 4.79 Å². The number of halogens is 1. The summed E-state index contributed by atoms with van der Waals surface area (Å²) in [6, 6.07) is 13.8. The predicted molar refractivity (Wildman–Crippen MR) is 169 cm³/mol. The molecule has 0 saturated carbocycles. The summed E-state index contributed by atoms with van der Waals surface area (Å²) in [5, 5.41) is 8.09. The summed E-state index contributed by atoms with van der Waals surface area (Å²) in [5.41, 5.74) is 1.57. The second-order valence-electron chi connectivity index (χ2n) is 11.9. The highest BCUT2D eigenvalue weighted by molar-refractivity contribution is 6.05. The Labute approximate surface area is 253 Å². The van der Waals surface area contributed by atoms with E-state index in [-0.39, 0.29) is 17.7 Å². The van der Waals surface area contributed by atoms with Gasteiger partial charge in [-0.15, -0.1) is 0 Å².